The van der Waals surface area contributed by atoms with Crippen LogP contribution in [0.5, 0.6) is 0 Å². The molecule has 0 aliphatic carbocycles. The van der Waals surface area contributed by atoms with Crippen molar-refractivity contribution in [3.05, 3.63) is 65.9 Å². The van der Waals surface area contributed by atoms with Gasteiger partial charge in [-0.15, -0.1) is 0 Å². The summed E-state index contributed by atoms with van der Waals surface area (Å²) in [5.74, 6) is -0.305. The first-order chi connectivity index (χ1) is 16.9. The molecule has 8 nitrogen and oxygen atoms in total. The minimum Gasteiger partial charge on any atom is -0.338 e. The van der Waals surface area contributed by atoms with Gasteiger partial charge in [0.1, 0.15) is 33.6 Å². The summed E-state index contributed by atoms with van der Waals surface area (Å²) >= 11 is 1.32. The minimum absolute atomic E-state index is 0.0469. The number of pyridine rings is 2. The van der Waals surface area contributed by atoms with Crippen molar-refractivity contribution in [2.45, 2.75) is 18.9 Å². The number of aromatic nitrogens is 3. The first kappa shape index (κ1) is 23.1. The van der Waals surface area contributed by atoms with E-state index in [4.69, 9.17) is 5.73 Å². The summed E-state index contributed by atoms with van der Waals surface area (Å²) in [5, 5.41) is 3.72. The predicted octanol–water partition coefficient (Wildman–Crippen LogP) is 4.44. The fourth-order valence-corrected chi connectivity index (χ4v) is 4.75. The number of nitrogens with one attached hydrogen (secondary N) is 1. The SMILES string of the molecule is CN(c1ccc2nc(Nc3ccc(C(=O)N4CCC(N)CC4)cn3)sc2n1)c1ccc(F)cc1F. The van der Waals surface area contributed by atoms with Crippen LogP contribution in [0.2, 0.25) is 0 Å². The molecule has 0 atom stereocenters. The number of rotatable bonds is 5. The molecule has 3 N–H and O–H groups in total. The number of thiazole rings is 1. The van der Waals surface area contributed by atoms with Crippen LogP contribution in [-0.2, 0) is 0 Å². The Bertz CT molecular complexity index is 1370. The minimum atomic E-state index is -0.669. The molecule has 0 bridgehead atoms. The number of fused-ring (bicyclic) bond motifs is 1. The molecule has 0 unspecified atom stereocenters. The highest BCUT2D eigenvalue weighted by Gasteiger charge is 2.22. The molecule has 0 saturated carbocycles. The number of carbonyl (C=O) groups excluding carboxylic acids is 1. The smallest absolute Gasteiger partial charge is 0.255 e. The van der Waals surface area contributed by atoms with Gasteiger partial charge in [0.15, 0.2) is 5.13 Å². The first-order valence-corrected chi connectivity index (χ1v) is 11.9. The Morgan fingerprint density at radius 1 is 1.14 bits per heavy atom. The van der Waals surface area contributed by atoms with Gasteiger partial charge < -0.3 is 20.9 Å². The van der Waals surface area contributed by atoms with E-state index in [1.807, 2.05) is 0 Å². The lowest BCUT2D eigenvalue weighted by molar-refractivity contribution is 0.0714. The Morgan fingerprint density at radius 3 is 2.66 bits per heavy atom. The molecule has 1 aromatic carbocycles. The van der Waals surface area contributed by atoms with Crippen molar-refractivity contribution < 1.29 is 13.6 Å². The summed E-state index contributed by atoms with van der Waals surface area (Å²) in [5.41, 5.74) is 7.33. The van der Waals surface area contributed by atoms with Gasteiger partial charge in [-0.3, -0.25) is 4.79 Å². The van der Waals surface area contributed by atoms with E-state index in [0.717, 1.165) is 18.9 Å². The van der Waals surface area contributed by atoms with Crippen molar-refractivity contribution in [3.63, 3.8) is 0 Å². The Labute approximate surface area is 204 Å². The van der Waals surface area contributed by atoms with Gasteiger partial charge in [-0.2, -0.15) is 0 Å². The van der Waals surface area contributed by atoms with Crippen molar-refractivity contribution in [2.24, 2.45) is 5.73 Å². The van der Waals surface area contributed by atoms with Gasteiger partial charge in [-0.05, 0) is 49.2 Å². The van der Waals surface area contributed by atoms with Gasteiger partial charge in [-0.25, -0.2) is 23.7 Å². The molecule has 11 heteroatoms. The molecule has 0 spiro atoms. The van der Waals surface area contributed by atoms with E-state index in [1.165, 1.54) is 23.5 Å². The number of piperidine rings is 1. The average molecular weight is 496 g/mol. The summed E-state index contributed by atoms with van der Waals surface area (Å²) in [6.45, 7) is 1.31. The topological polar surface area (TPSA) is 100 Å². The third-order valence-corrected chi connectivity index (χ3v) is 6.81. The lowest BCUT2D eigenvalue weighted by Gasteiger charge is -2.30. The number of halogens is 2. The van der Waals surface area contributed by atoms with E-state index in [9.17, 15) is 13.6 Å². The second-order valence-electron chi connectivity index (χ2n) is 8.35. The third-order valence-electron chi connectivity index (χ3n) is 5.93. The summed E-state index contributed by atoms with van der Waals surface area (Å²) in [7, 11) is 1.66. The molecule has 1 saturated heterocycles. The number of anilines is 4. The van der Waals surface area contributed by atoms with E-state index >= 15 is 0 Å². The number of nitrogens with zero attached hydrogens (tertiary/aromatic N) is 5. The Morgan fingerprint density at radius 2 is 1.94 bits per heavy atom. The molecule has 1 amide bonds. The van der Waals surface area contributed by atoms with Gasteiger partial charge in [-0.1, -0.05) is 11.3 Å². The number of benzene rings is 1. The number of carbonyl (C=O) groups is 1. The van der Waals surface area contributed by atoms with Gasteiger partial charge in [0.2, 0.25) is 0 Å². The molecular weight excluding hydrogens is 472 g/mol. The van der Waals surface area contributed by atoms with Crippen molar-refractivity contribution in [3.8, 4) is 0 Å². The monoisotopic (exact) mass is 495 g/mol. The second kappa shape index (κ2) is 9.51. The first-order valence-electron chi connectivity index (χ1n) is 11.1. The summed E-state index contributed by atoms with van der Waals surface area (Å²) in [6, 6.07) is 10.6. The Kier molecular flexibility index (Phi) is 6.27. The molecular formula is C24H23F2N7OS. The Balaban J connectivity index is 1.29. The van der Waals surface area contributed by atoms with Crippen LogP contribution in [0.4, 0.5) is 31.2 Å². The van der Waals surface area contributed by atoms with E-state index in [1.54, 1.807) is 47.3 Å². The molecule has 5 rings (SSSR count). The average Bonchev–Trinajstić information content (AvgIpc) is 3.25. The van der Waals surface area contributed by atoms with Crippen LogP contribution < -0.4 is 16.0 Å². The fraction of sp³-hybridized carbons (Fsp3) is 0.250. The van der Waals surface area contributed by atoms with Gasteiger partial charge in [0.05, 0.1) is 11.3 Å². The van der Waals surface area contributed by atoms with Gasteiger partial charge in [0.25, 0.3) is 5.91 Å². The molecule has 1 aliphatic heterocycles. The third kappa shape index (κ3) is 4.91. The van der Waals surface area contributed by atoms with Crippen LogP contribution in [0.25, 0.3) is 10.3 Å². The molecule has 4 aromatic rings. The predicted molar refractivity (Wildman–Crippen MR) is 132 cm³/mol. The largest absolute Gasteiger partial charge is 0.338 e. The van der Waals surface area contributed by atoms with Crippen LogP contribution in [-0.4, -0.2) is 51.9 Å². The highest BCUT2D eigenvalue weighted by molar-refractivity contribution is 7.21. The zero-order valence-electron chi connectivity index (χ0n) is 18.9. The zero-order chi connectivity index (χ0) is 24.5. The maximum atomic E-state index is 14.2. The van der Waals surface area contributed by atoms with E-state index in [0.29, 0.717) is 45.8 Å². The Hall–Kier alpha value is -3.70. The van der Waals surface area contributed by atoms with E-state index in [-0.39, 0.29) is 17.6 Å². The van der Waals surface area contributed by atoms with E-state index < -0.39 is 11.6 Å². The molecule has 3 aromatic heterocycles. The molecule has 4 heterocycles. The standard InChI is InChI=1S/C24H23F2N7OS/c1-32(19-5-3-15(25)12-17(19)26)21-7-4-18-22(31-21)35-24(29-18)30-20-6-2-14(13-28-20)23(34)33-10-8-16(27)9-11-33/h2-7,12-13,16H,8-11,27H2,1H3,(H,28,29,30). The number of nitrogens with two attached hydrogens (primary N) is 1. The van der Waals surface area contributed by atoms with Gasteiger partial charge in [0, 0.05) is 38.4 Å². The highest BCUT2D eigenvalue weighted by Crippen LogP contribution is 2.31. The summed E-state index contributed by atoms with van der Waals surface area (Å²) in [4.78, 5) is 30.1. The number of likely N-dealkylation sites (tertiary alicyclic amines) is 1. The fourth-order valence-electron chi connectivity index (χ4n) is 3.91. The zero-order valence-corrected chi connectivity index (χ0v) is 19.7. The van der Waals surface area contributed by atoms with Crippen molar-refractivity contribution in [1.82, 2.24) is 19.9 Å². The summed E-state index contributed by atoms with van der Waals surface area (Å²) < 4.78 is 27.4. The molecule has 1 aliphatic rings. The molecule has 1 fully saturated rings. The van der Waals surface area contributed by atoms with Crippen LogP contribution in [0.15, 0.2) is 48.7 Å². The van der Waals surface area contributed by atoms with E-state index in [2.05, 4.69) is 20.3 Å². The lowest BCUT2D eigenvalue weighted by Crippen LogP contribution is -2.42. The van der Waals surface area contributed by atoms with Crippen molar-refractivity contribution in [1.29, 1.82) is 0 Å². The number of hydrogen-bond donors (Lipinski definition) is 2. The highest BCUT2D eigenvalue weighted by atomic mass is 32.1. The number of hydrogen-bond acceptors (Lipinski definition) is 8. The van der Waals surface area contributed by atoms with Crippen molar-refractivity contribution in [2.75, 3.05) is 30.4 Å². The molecule has 0 radical (unpaired) electrons. The van der Waals surface area contributed by atoms with Gasteiger partial charge >= 0.3 is 0 Å². The van der Waals surface area contributed by atoms with Crippen molar-refractivity contribution >= 4 is 50.0 Å². The van der Waals surface area contributed by atoms with Crippen LogP contribution in [0, 0.1) is 11.6 Å². The van der Waals surface area contributed by atoms with Crippen LogP contribution in [0.3, 0.4) is 0 Å². The lowest BCUT2D eigenvalue weighted by atomic mass is 10.1. The number of amides is 1. The summed E-state index contributed by atoms with van der Waals surface area (Å²) in [6.07, 6.45) is 3.16. The maximum absolute atomic E-state index is 14.2. The second-order valence-corrected chi connectivity index (χ2v) is 9.33. The maximum Gasteiger partial charge on any atom is 0.255 e. The molecule has 35 heavy (non-hydrogen) atoms. The normalized spacial score (nSPS) is 14.3. The van der Waals surface area contributed by atoms with Crippen LogP contribution in [0.1, 0.15) is 23.2 Å². The quantitative estimate of drug-likeness (QED) is 0.422. The van der Waals surface area contributed by atoms with Crippen LogP contribution >= 0.6 is 11.3 Å². The molecule has 180 valence electrons.